The Morgan fingerprint density at radius 2 is 1.88 bits per heavy atom. The molecule has 1 fully saturated rings. The number of hydrogen-bond donors (Lipinski definition) is 1. The molecule has 0 amide bonds. The van der Waals surface area contributed by atoms with Crippen molar-refractivity contribution < 1.29 is 0 Å². The highest BCUT2D eigenvalue weighted by Gasteiger charge is 2.30. The van der Waals surface area contributed by atoms with Crippen molar-refractivity contribution in [2.75, 3.05) is 6.54 Å². The third kappa shape index (κ3) is 3.52. The summed E-state index contributed by atoms with van der Waals surface area (Å²) in [5, 5.41) is 0. The number of nitrogens with two attached hydrogens (primary N) is 1. The highest BCUT2D eigenvalue weighted by molar-refractivity contribution is 9.10. The van der Waals surface area contributed by atoms with Crippen LogP contribution < -0.4 is 5.73 Å². The van der Waals surface area contributed by atoms with Gasteiger partial charge in [0.05, 0.1) is 0 Å². The van der Waals surface area contributed by atoms with E-state index in [1.807, 2.05) is 6.20 Å². The fourth-order valence-corrected chi connectivity index (χ4v) is 3.06. The molecule has 2 N–H and O–H groups in total. The van der Waals surface area contributed by atoms with Crippen LogP contribution in [0, 0.1) is 5.41 Å². The smallest absolute Gasteiger partial charge is 0.0413 e. The average Bonchev–Trinajstić information content (AvgIpc) is 2.58. The lowest BCUT2D eigenvalue weighted by Crippen LogP contribution is -2.32. The number of nitrogens with zero attached hydrogens (tertiary/aromatic N) is 1. The Bertz CT molecular complexity index is 340. The second kappa shape index (κ2) is 5.96. The van der Waals surface area contributed by atoms with E-state index in [0.717, 1.165) is 17.4 Å². The number of halogens is 1. The van der Waals surface area contributed by atoms with E-state index in [1.165, 1.54) is 44.2 Å². The summed E-state index contributed by atoms with van der Waals surface area (Å²) >= 11 is 3.43. The van der Waals surface area contributed by atoms with E-state index in [1.54, 1.807) is 0 Å². The lowest BCUT2D eigenvalue weighted by atomic mass is 9.76. The summed E-state index contributed by atoms with van der Waals surface area (Å²) in [6, 6.07) is 4.19. The third-order valence-electron chi connectivity index (χ3n) is 3.94. The van der Waals surface area contributed by atoms with Crippen LogP contribution in [0.5, 0.6) is 0 Å². The summed E-state index contributed by atoms with van der Waals surface area (Å²) in [6.07, 6.45) is 10.8. The zero-order chi connectivity index (χ0) is 12.1. The van der Waals surface area contributed by atoms with Crippen molar-refractivity contribution in [2.45, 2.75) is 44.9 Å². The Morgan fingerprint density at radius 1 is 1.18 bits per heavy atom. The standard InChI is InChI=1S/C14H21BrN2/c15-12-5-6-13(17-10-12)9-14(11-16)7-3-1-2-4-8-14/h5-6,10H,1-4,7-9,11,16H2. The van der Waals surface area contributed by atoms with Crippen LogP contribution in [0.3, 0.4) is 0 Å². The van der Waals surface area contributed by atoms with Gasteiger partial charge in [-0.3, -0.25) is 4.98 Å². The molecule has 0 unspecified atom stereocenters. The zero-order valence-corrected chi connectivity index (χ0v) is 11.9. The molecule has 1 aliphatic carbocycles. The molecule has 0 spiro atoms. The largest absolute Gasteiger partial charge is 0.330 e. The molecule has 1 aromatic rings. The van der Waals surface area contributed by atoms with E-state index in [9.17, 15) is 0 Å². The van der Waals surface area contributed by atoms with Crippen LogP contribution in [0.2, 0.25) is 0 Å². The van der Waals surface area contributed by atoms with Crippen molar-refractivity contribution >= 4 is 15.9 Å². The monoisotopic (exact) mass is 296 g/mol. The molecule has 0 saturated heterocycles. The molecule has 0 atom stereocenters. The van der Waals surface area contributed by atoms with Gasteiger partial charge in [-0.15, -0.1) is 0 Å². The minimum atomic E-state index is 0.303. The molecular weight excluding hydrogens is 276 g/mol. The molecule has 17 heavy (non-hydrogen) atoms. The molecule has 1 aromatic heterocycles. The van der Waals surface area contributed by atoms with Gasteiger partial charge >= 0.3 is 0 Å². The van der Waals surface area contributed by atoms with Crippen molar-refractivity contribution in [3.8, 4) is 0 Å². The summed E-state index contributed by atoms with van der Waals surface area (Å²) in [4.78, 5) is 4.49. The first-order valence-corrected chi connectivity index (χ1v) is 7.34. The summed E-state index contributed by atoms with van der Waals surface area (Å²) in [6.45, 7) is 0.796. The average molecular weight is 297 g/mol. The van der Waals surface area contributed by atoms with E-state index in [2.05, 4.69) is 33.0 Å². The number of aromatic nitrogens is 1. The first-order chi connectivity index (χ1) is 8.24. The van der Waals surface area contributed by atoms with E-state index in [0.29, 0.717) is 5.41 Å². The van der Waals surface area contributed by atoms with Gasteiger partial charge in [-0.2, -0.15) is 0 Å². The van der Waals surface area contributed by atoms with Gasteiger partial charge in [0.15, 0.2) is 0 Å². The predicted octanol–water partition coefficient (Wildman–Crippen LogP) is 3.69. The molecule has 2 nitrogen and oxygen atoms in total. The van der Waals surface area contributed by atoms with Crippen molar-refractivity contribution in [1.82, 2.24) is 4.98 Å². The first kappa shape index (κ1) is 13.0. The zero-order valence-electron chi connectivity index (χ0n) is 10.3. The van der Waals surface area contributed by atoms with Crippen molar-refractivity contribution in [3.63, 3.8) is 0 Å². The molecule has 1 aliphatic rings. The molecule has 0 radical (unpaired) electrons. The SMILES string of the molecule is NCC1(Cc2ccc(Br)cn2)CCCCCC1. The summed E-state index contributed by atoms with van der Waals surface area (Å²) in [5.74, 6) is 0. The Morgan fingerprint density at radius 3 is 2.41 bits per heavy atom. The van der Waals surface area contributed by atoms with E-state index in [-0.39, 0.29) is 0 Å². The number of pyridine rings is 1. The van der Waals surface area contributed by atoms with Crippen LogP contribution in [0.25, 0.3) is 0 Å². The number of rotatable bonds is 3. The topological polar surface area (TPSA) is 38.9 Å². The first-order valence-electron chi connectivity index (χ1n) is 6.55. The van der Waals surface area contributed by atoms with E-state index < -0.39 is 0 Å². The van der Waals surface area contributed by atoms with Gasteiger partial charge in [0.2, 0.25) is 0 Å². The Balaban J connectivity index is 2.09. The van der Waals surface area contributed by atoms with Crippen LogP contribution in [-0.4, -0.2) is 11.5 Å². The Hall–Kier alpha value is -0.410. The van der Waals surface area contributed by atoms with Gasteiger partial charge in [-0.05, 0) is 59.3 Å². The maximum absolute atomic E-state index is 6.05. The van der Waals surface area contributed by atoms with E-state index in [4.69, 9.17) is 5.73 Å². The minimum absolute atomic E-state index is 0.303. The molecule has 1 heterocycles. The third-order valence-corrected chi connectivity index (χ3v) is 4.41. The van der Waals surface area contributed by atoms with Gasteiger partial charge in [0.1, 0.15) is 0 Å². The lowest BCUT2D eigenvalue weighted by molar-refractivity contribution is 0.250. The van der Waals surface area contributed by atoms with Crippen molar-refractivity contribution in [1.29, 1.82) is 0 Å². The number of hydrogen-bond acceptors (Lipinski definition) is 2. The molecule has 0 aromatic carbocycles. The molecule has 0 bridgehead atoms. The van der Waals surface area contributed by atoms with Crippen molar-refractivity contribution in [2.24, 2.45) is 11.1 Å². The fourth-order valence-electron chi connectivity index (χ4n) is 2.83. The van der Waals surface area contributed by atoms with Crippen LogP contribution in [-0.2, 0) is 6.42 Å². The van der Waals surface area contributed by atoms with Gasteiger partial charge < -0.3 is 5.73 Å². The van der Waals surface area contributed by atoms with Crippen molar-refractivity contribution in [3.05, 3.63) is 28.5 Å². The summed E-state index contributed by atoms with van der Waals surface area (Å²) in [5.41, 5.74) is 7.53. The Labute approximate surface area is 112 Å². The second-order valence-electron chi connectivity index (χ2n) is 5.26. The Kier molecular flexibility index (Phi) is 4.57. The molecule has 0 aliphatic heterocycles. The molecule has 1 saturated carbocycles. The van der Waals surface area contributed by atoms with E-state index >= 15 is 0 Å². The normalized spacial score (nSPS) is 19.9. The minimum Gasteiger partial charge on any atom is -0.330 e. The maximum Gasteiger partial charge on any atom is 0.0413 e. The summed E-state index contributed by atoms with van der Waals surface area (Å²) < 4.78 is 1.05. The molecule has 3 heteroatoms. The lowest BCUT2D eigenvalue weighted by Gasteiger charge is -2.31. The van der Waals surface area contributed by atoms with Crippen LogP contribution in [0.1, 0.15) is 44.2 Å². The molecule has 94 valence electrons. The fraction of sp³-hybridized carbons (Fsp3) is 0.643. The quantitative estimate of drug-likeness (QED) is 0.864. The van der Waals surface area contributed by atoms with Crippen LogP contribution in [0.15, 0.2) is 22.8 Å². The molecular formula is C14H21BrN2. The highest BCUT2D eigenvalue weighted by Crippen LogP contribution is 2.36. The highest BCUT2D eigenvalue weighted by atomic mass is 79.9. The van der Waals surface area contributed by atoms with Gasteiger partial charge in [-0.25, -0.2) is 0 Å². The predicted molar refractivity (Wildman–Crippen MR) is 74.8 cm³/mol. The maximum atomic E-state index is 6.05. The van der Waals surface area contributed by atoms with Crippen LogP contribution >= 0.6 is 15.9 Å². The van der Waals surface area contributed by atoms with Gasteiger partial charge in [-0.1, -0.05) is 25.7 Å². The second-order valence-corrected chi connectivity index (χ2v) is 6.18. The van der Waals surface area contributed by atoms with Crippen LogP contribution in [0.4, 0.5) is 0 Å². The molecule has 2 rings (SSSR count). The summed E-state index contributed by atoms with van der Waals surface area (Å²) in [7, 11) is 0. The van der Waals surface area contributed by atoms with Gasteiger partial charge in [0.25, 0.3) is 0 Å². The van der Waals surface area contributed by atoms with Gasteiger partial charge in [0, 0.05) is 16.4 Å².